The van der Waals surface area contributed by atoms with Crippen LogP contribution < -0.4 is 16.0 Å². The number of rotatable bonds is 3. The summed E-state index contributed by atoms with van der Waals surface area (Å²) in [6.45, 7) is 4.24. The van der Waals surface area contributed by atoms with Crippen LogP contribution in [0, 0.1) is 6.92 Å². The molecule has 0 spiro atoms. The van der Waals surface area contributed by atoms with Crippen molar-refractivity contribution in [2.24, 2.45) is 0 Å². The molecule has 1 aliphatic rings. The van der Waals surface area contributed by atoms with Gasteiger partial charge in [0.25, 0.3) is 0 Å². The lowest BCUT2D eigenvalue weighted by atomic mass is 10.1. The van der Waals surface area contributed by atoms with Gasteiger partial charge >= 0.3 is 0 Å². The molecular weight excluding hydrogens is 262 g/mol. The third-order valence-electron chi connectivity index (χ3n) is 3.97. The maximum atomic E-state index is 5.80. The minimum absolute atomic E-state index is 0.512. The first-order valence-corrected chi connectivity index (χ1v) is 7.43. The summed E-state index contributed by atoms with van der Waals surface area (Å²) in [6, 6.07) is 8.49. The van der Waals surface area contributed by atoms with Gasteiger partial charge in [-0.2, -0.15) is 0 Å². The van der Waals surface area contributed by atoms with E-state index >= 15 is 0 Å². The van der Waals surface area contributed by atoms with E-state index in [1.807, 2.05) is 6.92 Å². The van der Waals surface area contributed by atoms with E-state index in [1.165, 1.54) is 31.3 Å². The molecule has 0 bridgehead atoms. The van der Waals surface area contributed by atoms with Gasteiger partial charge in [-0.25, -0.2) is 9.97 Å². The number of benzene rings is 1. The van der Waals surface area contributed by atoms with Crippen molar-refractivity contribution in [3.63, 3.8) is 0 Å². The Morgan fingerprint density at radius 2 is 1.76 bits per heavy atom. The van der Waals surface area contributed by atoms with Crippen LogP contribution in [0.5, 0.6) is 0 Å². The van der Waals surface area contributed by atoms with Crippen molar-refractivity contribution < 1.29 is 0 Å². The molecule has 0 unspecified atom stereocenters. The number of hydrogen-bond donors (Lipinski definition) is 2. The maximum Gasteiger partial charge on any atom is 0.138 e. The lowest BCUT2D eigenvalue weighted by Crippen LogP contribution is -2.29. The molecule has 1 aromatic carbocycles. The molecule has 2 heterocycles. The summed E-state index contributed by atoms with van der Waals surface area (Å²) < 4.78 is 0. The first kappa shape index (κ1) is 13.7. The number of hydrogen-bond acceptors (Lipinski definition) is 5. The molecule has 110 valence electrons. The second-order valence-corrected chi connectivity index (χ2v) is 5.45. The molecular formula is C16H21N5. The Bertz CT molecular complexity index is 603. The summed E-state index contributed by atoms with van der Waals surface area (Å²) in [5.74, 6) is 1.27. The van der Waals surface area contributed by atoms with Crippen molar-refractivity contribution in [2.45, 2.75) is 26.2 Å². The molecule has 1 aromatic heterocycles. The van der Waals surface area contributed by atoms with Crippen molar-refractivity contribution in [3.8, 4) is 0 Å². The molecule has 0 amide bonds. The summed E-state index contributed by atoms with van der Waals surface area (Å²) in [4.78, 5) is 10.7. The Labute approximate surface area is 125 Å². The average Bonchev–Trinajstić information content (AvgIpc) is 2.53. The quantitative estimate of drug-likeness (QED) is 0.906. The number of aromatic nitrogens is 2. The van der Waals surface area contributed by atoms with Crippen LogP contribution in [0.15, 0.2) is 30.6 Å². The maximum absolute atomic E-state index is 5.80. The molecule has 3 rings (SSSR count). The van der Waals surface area contributed by atoms with Crippen LogP contribution in [0.1, 0.15) is 24.8 Å². The van der Waals surface area contributed by atoms with Crippen molar-refractivity contribution >= 4 is 23.0 Å². The topological polar surface area (TPSA) is 67.1 Å². The summed E-state index contributed by atoms with van der Waals surface area (Å²) in [6.07, 6.45) is 5.41. The molecule has 0 radical (unpaired) electrons. The predicted octanol–water partition coefficient (Wildman–Crippen LogP) is 3.10. The highest BCUT2D eigenvalue weighted by molar-refractivity contribution is 5.65. The first-order chi connectivity index (χ1) is 10.2. The van der Waals surface area contributed by atoms with Gasteiger partial charge in [0, 0.05) is 30.0 Å². The van der Waals surface area contributed by atoms with Gasteiger partial charge in [0.1, 0.15) is 18.0 Å². The van der Waals surface area contributed by atoms with E-state index in [1.54, 1.807) is 0 Å². The molecule has 5 nitrogen and oxygen atoms in total. The van der Waals surface area contributed by atoms with Crippen LogP contribution >= 0.6 is 0 Å². The van der Waals surface area contributed by atoms with Crippen LogP contribution in [0.25, 0.3) is 0 Å². The Balaban J connectivity index is 1.73. The summed E-state index contributed by atoms with van der Waals surface area (Å²) in [7, 11) is 0. The Morgan fingerprint density at radius 1 is 1.05 bits per heavy atom. The fourth-order valence-electron chi connectivity index (χ4n) is 2.63. The largest absolute Gasteiger partial charge is 0.383 e. The molecule has 1 fully saturated rings. The number of nitrogens with zero attached hydrogens (tertiary/aromatic N) is 3. The first-order valence-electron chi connectivity index (χ1n) is 7.43. The molecule has 2 aromatic rings. The van der Waals surface area contributed by atoms with Crippen molar-refractivity contribution in [1.29, 1.82) is 0 Å². The molecule has 1 saturated heterocycles. The van der Waals surface area contributed by atoms with Gasteiger partial charge in [-0.05, 0) is 50.5 Å². The van der Waals surface area contributed by atoms with E-state index < -0.39 is 0 Å². The van der Waals surface area contributed by atoms with Gasteiger partial charge in [0.05, 0.1) is 0 Å². The van der Waals surface area contributed by atoms with E-state index in [-0.39, 0.29) is 0 Å². The standard InChI is InChI=1S/C16H21N5/c1-12-15(17)18-11-19-16(12)20-13-5-7-14(8-6-13)21-9-3-2-4-10-21/h5-8,11H,2-4,9-10H2,1H3,(H3,17,18,19,20). The van der Waals surface area contributed by atoms with E-state index in [4.69, 9.17) is 5.73 Å². The summed E-state index contributed by atoms with van der Waals surface area (Å²) >= 11 is 0. The van der Waals surface area contributed by atoms with Gasteiger partial charge in [-0.3, -0.25) is 0 Å². The van der Waals surface area contributed by atoms with Crippen LogP contribution in [0.4, 0.5) is 23.0 Å². The van der Waals surface area contributed by atoms with Crippen molar-refractivity contribution in [3.05, 3.63) is 36.2 Å². The van der Waals surface area contributed by atoms with E-state index in [9.17, 15) is 0 Å². The Hall–Kier alpha value is -2.30. The van der Waals surface area contributed by atoms with E-state index in [0.717, 1.165) is 30.2 Å². The van der Waals surface area contributed by atoms with Crippen molar-refractivity contribution in [2.75, 3.05) is 29.0 Å². The van der Waals surface area contributed by atoms with Crippen LogP contribution in [-0.4, -0.2) is 23.1 Å². The number of piperidine rings is 1. The third kappa shape index (κ3) is 3.07. The molecule has 0 saturated carbocycles. The summed E-state index contributed by atoms with van der Waals surface area (Å²) in [5.41, 5.74) is 8.97. The zero-order valence-electron chi connectivity index (χ0n) is 12.3. The predicted molar refractivity (Wildman–Crippen MR) is 87.0 cm³/mol. The van der Waals surface area contributed by atoms with Gasteiger partial charge < -0.3 is 16.0 Å². The second-order valence-electron chi connectivity index (χ2n) is 5.45. The van der Waals surface area contributed by atoms with Crippen LogP contribution in [0.2, 0.25) is 0 Å². The van der Waals surface area contributed by atoms with Crippen LogP contribution in [0.3, 0.4) is 0 Å². The van der Waals surface area contributed by atoms with E-state index in [2.05, 4.69) is 44.5 Å². The van der Waals surface area contributed by atoms with E-state index in [0.29, 0.717) is 5.82 Å². The third-order valence-corrected chi connectivity index (χ3v) is 3.97. The SMILES string of the molecule is Cc1c(N)ncnc1Nc1ccc(N2CCCCC2)cc1. The smallest absolute Gasteiger partial charge is 0.138 e. The van der Waals surface area contributed by atoms with Crippen LogP contribution in [-0.2, 0) is 0 Å². The number of nitrogens with two attached hydrogens (primary N) is 1. The summed E-state index contributed by atoms with van der Waals surface area (Å²) in [5, 5.41) is 3.29. The minimum Gasteiger partial charge on any atom is -0.383 e. The fourth-order valence-corrected chi connectivity index (χ4v) is 2.63. The molecule has 3 N–H and O–H groups in total. The second kappa shape index (κ2) is 5.99. The van der Waals surface area contributed by atoms with Gasteiger partial charge in [0.15, 0.2) is 0 Å². The molecule has 21 heavy (non-hydrogen) atoms. The Kier molecular flexibility index (Phi) is 3.90. The zero-order valence-corrected chi connectivity index (χ0v) is 12.3. The lowest BCUT2D eigenvalue weighted by molar-refractivity contribution is 0.578. The highest BCUT2D eigenvalue weighted by Gasteiger charge is 2.11. The fraction of sp³-hybridized carbons (Fsp3) is 0.375. The number of nitrogens with one attached hydrogen (secondary N) is 1. The normalized spacial score (nSPS) is 15.0. The number of nitrogen functional groups attached to an aromatic ring is 1. The lowest BCUT2D eigenvalue weighted by Gasteiger charge is -2.28. The minimum atomic E-state index is 0.512. The number of anilines is 4. The highest BCUT2D eigenvalue weighted by Crippen LogP contribution is 2.24. The van der Waals surface area contributed by atoms with Gasteiger partial charge in [-0.1, -0.05) is 0 Å². The molecule has 0 aliphatic carbocycles. The molecule has 1 aliphatic heterocycles. The van der Waals surface area contributed by atoms with Gasteiger partial charge in [0.2, 0.25) is 0 Å². The van der Waals surface area contributed by atoms with Crippen molar-refractivity contribution in [1.82, 2.24) is 9.97 Å². The molecule has 5 heteroatoms. The molecule has 0 atom stereocenters. The Morgan fingerprint density at radius 3 is 2.48 bits per heavy atom. The van der Waals surface area contributed by atoms with Gasteiger partial charge in [-0.15, -0.1) is 0 Å². The monoisotopic (exact) mass is 283 g/mol. The average molecular weight is 283 g/mol. The highest BCUT2D eigenvalue weighted by atomic mass is 15.1. The zero-order chi connectivity index (χ0) is 14.7.